The second-order valence-electron chi connectivity index (χ2n) is 4.92. The summed E-state index contributed by atoms with van der Waals surface area (Å²) in [5.41, 5.74) is 3.47. The van der Waals surface area contributed by atoms with Crippen molar-refractivity contribution in [2.24, 2.45) is 0 Å². The molecule has 7 heteroatoms. The highest BCUT2D eigenvalue weighted by Gasteiger charge is 2.10. The SMILES string of the molecule is Cc1ccc(-n2cc(C)cn2)c(NC(=O)CSCC(=O)O)c1. The summed E-state index contributed by atoms with van der Waals surface area (Å²) in [6, 6.07) is 5.70. The summed E-state index contributed by atoms with van der Waals surface area (Å²) in [4.78, 5) is 22.4. The summed E-state index contributed by atoms with van der Waals surface area (Å²) in [5, 5.41) is 15.7. The molecule has 116 valence electrons. The molecular weight excluding hydrogens is 302 g/mol. The predicted octanol–water partition coefficient (Wildman–Crippen LogP) is 2.25. The molecule has 1 aromatic carbocycles. The van der Waals surface area contributed by atoms with Crippen LogP contribution in [-0.4, -0.2) is 38.3 Å². The number of aliphatic carboxylic acids is 1. The summed E-state index contributed by atoms with van der Waals surface area (Å²) < 4.78 is 1.70. The lowest BCUT2D eigenvalue weighted by Crippen LogP contribution is -2.17. The third-order valence-electron chi connectivity index (χ3n) is 2.84. The lowest BCUT2D eigenvalue weighted by atomic mass is 10.2. The minimum absolute atomic E-state index is 0.0908. The molecule has 1 amide bonds. The Balaban J connectivity index is 2.14. The highest BCUT2D eigenvalue weighted by atomic mass is 32.2. The molecule has 0 unspecified atom stereocenters. The fraction of sp³-hybridized carbons (Fsp3) is 0.267. The molecule has 2 rings (SSSR count). The van der Waals surface area contributed by atoms with Crippen LogP contribution >= 0.6 is 11.8 Å². The molecule has 0 aliphatic rings. The van der Waals surface area contributed by atoms with Crippen molar-refractivity contribution in [3.63, 3.8) is 0 Å². The number of aromatic nitrogens is 2. The van der Waals surface area contributed by atoms with Crippen molar-refractivity contribution in [3.8, 4) is 5.69 Å². The number of anilines is 1. The molecule has 2 N–H and O–H groups in total. The van der Waals surface area contributed by atoms with E-state index in [1.807, 2.05) is 38.2 Å². The molecule has 0 fully saturated rings. The molecule has 2 aromatic rings. The van der Waals surface area contributed by atoms with Gasteiger partial charge in [0.15, 0.2) is 0 Å². The summed E-state index contributed by atoms with van der Waals surface area (Å²) in [7, 11) is 0. The van der Waals surface area contributed by atoms with Crippen LogP contribution in [0.1, 0.15) is 11.1 Å². The molecule has 0 atom stereocenters. The highest BCUT2D eigenvalue weighted by Crippen LogP contribution is 2.22. The van der Waals surface area contributed by atoms with Crippen LogP contribution < -0.4 is 5.32 Å². The number of aryl methyl sites for hydroxylation is 2. The monoisotopic (exact) mass is 319 g/mol. The Bertz CT molecular complexity index is 697. The van der Waals surface area contributed by atoms with Crippen molar-refractivity contribution < 1.29 is 14.7 Å². The van der Waals surface area contributed by atoms with E-state index < -0.39 is 5.97 Å². The fourth-order valence-corrected chi connectivity index (χ4v) is 2.45. The smallest absolute Gasteiger partial charge is 0.313 e. The molecule has 0 spiro atoms. The van der Waals surface area contributed by atoms with Gasteiger partial charge >= 0.3 is 5.97 Å². The Morgan fingerprint density at radius 1 is 1.27 bits per heavy atom. The van der Waals surface area contributed by atoms with Gasteiger partial charge in [-0.15, -0.1) is 11.8 Å². The van der Waals surface area contributed by atoms with Crippen LogP contribution in [0.2, 0.25) is 0 Å². The van der Waals surface area contributed by atoms with Gasteiger partial charge in [-0.05, 0) is 37.1 Å². The van der Waals surface area contributed by atoms with Crippen LogP contribution in [0.15, 0.2) is 30.6 Å². The Kier molecular flexibility index (Phi) is 5.21. The largest absolute Gasteiger partial charge is 0.481 e. The molecule has 22 heavy (non-hydrogen) atoms. The number of amides is 1. The van der Waals surface area contributed by atoms with E-state index in [-0.39, 0.29) is 17.4 Å². The number of nitrogens with zero attached hydrogens (tertiary/aromatic N) is 2. The van der Waals surface area contributed by atoms with Gasteiger partial charge in [0.2, 0.25) is 5.91 Å². The second-order valence-corrected chi connectivity index (χ2v) is 5.90. The van der Waals surface area contributed by atoms with E-state index in [9.17, 15) is 9.59 Å². The highest BCUT2D eigenvalue weighted by molar-refractivity contribution is 8.00. The third kappa shape index (κ3) is 4.36. The average molecular weight is 319 g/mol. The lowest BCUT2D eigenvalue weighted by molar-refractivity contribution is -0.133. The molecule has 6 nitrogen and oxygen atoms in total. The van der Waals surface area contributed by atoms with Crippen LogP contribution in [0.5, 0.6) is 0 Å². The minimum atomic E-state index is -0.930. The quantitative estimate of drug-likeness (QED) is 0.853. The number of carboxylic acid groups (broad SMARTS) is 1. The van der Waals surface area contributed by atoms with Gasteiger partial charge < -0.3 is 10.4 Å². The predicted molar refractivity (Wildman–Crippen MR) is 86.6 cm³/mol. The molecule has 0 saturated heterocycles. The maximum atomic E-state index is 11.9. The van der Waals surface area contributed by atoms with Crippen LogP contribution in [0.25, 0.3) is 5.69 Å². The van der Waals surface area contributed by atoms with Crippen molar-refractivity contribution in [2.75, 3.05) is 16.8 Å². The van der Waals surface area contributed by atoms with Crippen LogP contribution in [0.3, 0.4) is 0 Å². The van der Waals surface area contributed by atoms with E-state index in [2.05, 4.69) is 10.4 Å². The number of hydrogen-bond donors (Lipinski definition) is 2. The first-order chi connectivity index (χ1) is 10.5. The van der Waals surface area contributed by atoms with E-state index in [1.54, 1.807) is 10.9 Å². The van der Waals surface area contributed by atoms with Gasteiger partial charge in [0.1, 0.15) is 0 Å². The van der Waals surface area contributed by atoms with Crippen LogP contribution in [0.4, 0.5) is 5.69 Å². The Morgan fingerprint density at radius 2 is 2.05 bits per heavy atom. The Hall–Kier alpha value is -2.28. The fourth-order valence-electron chi connectivity index (χ4n) is 1.91. The third-order valence-corrected chi connectivity index (χ3v) is 3.76. The maximum absolute atomic E-state index is 11.9. The Morgan fingerprint density at radius 3 is 2.68 bits per heavy atom. The van der Waals surface area contributed by atoms with Gasteiger partial charge in [-0.2, -0.15) is 5.10 Å². The summed E-state index contributed by atoms with van der Waals surface area (Å²) in [6.45, 7) is 3.88. The molecular formula is C15H17N3O3S. The van der Waals surface area contributed by atoms with E-state index in [1.165, 1.54) is 0 Å². The number of rotatable bonds is 6. The van der Waals surface area contributed by atoms with E-state index in [4.69, 9.17) is 5.11 Å². The van der Waals surface area contributed by atoms with Gasteiger partial charge in [0.25, 0.3) is 0 Å². The zero-order valence-corrected chi connectivity index (χ0v) is 13.2. The number of carbonyl (C=O) groups is 2. The molecule has 0 aliphatic carbocycles. The van der Waals surface area contributed by atoms with Crippen molar-refractivity contribution >= 4 is 29.3 Å². The molecule has 0 saturated carbocycles. The lowest BCUT2D eigenvalue weighted by Gasteiger charge is -2.12. The van der Waals surface area contributed by atoms with Crippen LogP contribution in [0, 0.1) is 13.8 Å². The zero-order chi connectivity index (χ0) is 16.1. The van der Waals surface area contributed by atoms with E-state index in [0.717, 1.165) is 28.6 Å². The number of benzene rings is 1. The first kappa shape index (κ1) is 16.1. The zero-order valence-electron chi connectivity index (χ0n) is 12.4. The summed E-state index contributed by atoms with van der Waals surface area (Å²) in [5.74, 6) is -1.16. The first-order valence-electron chi connectivity index (χ1n) is 6.67. The standard InChI is InChI=1S/C15H17N3O3S/c1-10-3-4-13(18-7-11(2)6-16-18)12(5-10)17-14(19)8-22-9-15(20)21/h3-7H,8-9H2,1-2H3,(H,17,19)(H,20,21). The van der Waals surface area contributed by atoms with E-state index >= 15 is 0 Å². The maximum Gasteiger partial charge on any atom is 0.313 e. The van der Waals surface area contributed by atoms with Gasteiger partial charge in [0, 0.05) is 6.20 Å². The molecule has 0 radical (unpaired) electrons. The van der Waals surface area contributed by atoms with Gasteiger partial charge in [-0.25, -0.2) is 4.68 Å². The topological polar surface area (TPSA) is 84.2 Å². The first-order valence-corrected chi connectivity index (χ1v) is 7.83. The van der Waals surface area contributed by atoms with Crippen LogP contribution in [-0.2, 0) is 9.59 Å². The average Bonchev–Trinajstić information content (AvgIpc) is 2.85. The second kappa shape index (κ2) is 7.13. The van der Waals surface area contributed by atoms with E-state index in [0.29, 0.717) is 5.69 Å². The number of nitrogens with one attached hydrogen (secondary N) is 1. The number of hydrogen-bond acceptors (Lipinski definition) is 4. The number of carbonyl (C=O) groups excluding carboxylic acids is 1. The molecule has 1 aromatic heterocycles. The normalized spacial score (nSPS) is 10.5. The van der Waals surface area contributed by atoms with Gasteiger partial charge in [-0.3, -0.25) is 9.59 Å². The minimum Gasteiger partial charge on any atom is -0.481 e. The summed E-state index contributed by atoms with van der Waals surface area (Å²) >= 11 is 1.06. The van der Waals surface area contributed by atoms with Gasteiger partial charge in [0.05, 0.1) is 29.1 Å². The van der Waals surface area contributed by atoms with Gasteiger partial charge in [-0.1, -0.05) is 6.07 Å². The van der Waals surface area contributed by atoms with Crippen molar-refractivity contribution in [1.82, 2.24) is 9.78 Å². The Labute approximate surface area is 132 Å². The van der Waals surface area contributed by atoms with Crippen molar-refractivity contribution in [2.45, 2.75) is 13.8 Å². The van der Waals surface area contributed by atoms with Crippen molar-refractivity contribution in [3.05, 3.63) is 41.7 Å². The van der Waals surface area contributed by atoms with Crippen molar-refractivity contribution in [1.29, 1.82) is 0 Å². The molecule has 0 aliphatic heterocycles. The number of carboxylic acids is 1. The number of thioether (sulfide) groups is 1. The molecule has 0 bridgehead atoms. The summed E-state index contributed by atoms with van der Waals surface area (Å²) in [6.07, 6.45) is 3.62. The molecule has 1 heterocycles.